The molecule has 1 fully saturated rings. The molecule has 2 amide bonds. The maximum Gasteiger partial charge on any atom is 0.416 e. The molecule has 1 aromatic heterocycles. The summed E-state index contributed by atoms with van der Waals surface area (Å²) < 4.78 is 37.9. The van der Waals surface area contributed by atoms with Crippen molar-refractivity contribution >= 4 is 34.0 Å². The number of hydrogen-bond donors (Lipinski definition) is 2. The Bertz CT molecular complexity index is 939. The van der Waals surface area contributed by atoms with Gasteiger partial charge in [-0.25, -0.2) is 4.98 Å². The van der Waals surface area contributed by atoms with Crippen LogP contribution in [0.2, 0.25) is 0 Å². The number of halogens is 3. The van der Waals surface area contributed by atoms with Gasteiger partial charge in [-0.1, -0.05) is 6.42 Å². The SMILES string of the molecule is O=C(CN1CCc2nc(NC(=O)C3CCC3)sc2C1)Nc1ccc(C(F)(F)F)cc1. The van der Waals surface area contributed by atoms with Crippen molar-refractivity contribution in [1.29, 1.82) is 0 Å². The number of carbonyl (C=O) groups excluding carboxylic acids is 2. The second-order valence-electron chi connectivity index (χ2n) is 7.59. The lowest BCUT2D eigenvalue weighted by Gasteiger charge is -2.25. The molecule has 2 N–H and O–H groups in total. The molecule has 30 heavy (non-hydrogen) atoms. The maximum absolute atomic E-state index is 12.6. The summed E-state index contributed by atoms with van der Waals surface area (Å²) in [6, 6.07) is 4.38. The highest BCUT2D eigenvalue weighted by molar-refractivity contribution is 7.15. The summed E-state index contributed by atoms with van der Waals surface area (Å²) in [5, 5.41) is 6.13. The van der Waals surface area contributed by atoms with Gasteiger partial charge >= 0.3 is 6.18 Å². The van der Waals surface area contributed by atoms with E-state index in [0.717, 1.165) is 42.0 Å². The lowest BCUT2D eigenvalue weighted by Crippen LogP contribution is -2.36. The van der Waals surface area contributed by atoms with E-state index in [1.54, 1.807) is 0 Å². The topological polar surface area (TPSA) is 74.3 Å². The number of fused-ring (bicyclic) bond motifs is 1. The molecule has 0 unspecified atom stereocenters. The molecular formula is C20H21F3N4O2S. The van der Waals surface area contributed by atoms with Gasteiger partial charge in [0.15, 0.2) is 5.13 Å². The molecule has 1 saturated carbocycles. The summed E-state index contributed by atoms with van der Waals surface area (Å²) in [4.78, 5) is 31.9. The summed E-state index contributed by atoms with van der Waals surface area (Å²) in [6.45, 7) is 1.32. The number of amides is 2. The first-order valence-electron chi connectivity index (χ1n) is 9.77. The second kappa shape index (κ2) is 8.35. The van der Waals surface area contributed by atoms with Gasteiger partial charge in [-0.05, 0) is 37.1 Å². The average molecular weight is 438 g/mol. The van der Waals surface area contributed by atoms with Crippen LogP contribution in [0.4, 0.5) is 24.0 Å². The first-order valence-corrected chi connectivity index (χ1v) is 10.6. The lowest BCUT2D eigenvalue weighted by molar-refractivity contribution is -0.137. The highest BCUT2D eigenvalue weighted by atomic mass is 32.1. The minimum Gasteiger partial charge on any atom is -0.325 e. The number of nitrogens with one attached hydrogen (secondary N) is 2. The first-order chi connectivity index (χ1) is 14.3. The fourth-order valence-electron chi connectivity index (χ4n) is 3.46. The van der Waals surface area contributed by atoms with Gasteiger partial charge in [0.25, 0.3) is 0 Å². The van der Waals surface area contributed by atoms with Crippen LogP contribution >= 0.6 is 11.3 Å². The number of hydrogen-bond acceptors (Lipinski definition) is 5. The Morgan fingerprint density at radius 2 is 1.90 bits per heavy atom. The van der Waals surface area contributed by atoms with Crippen molar-refractivity contribution in [1.82, 2.24) is 9.88 Å². The largest absolute Gasteiger partial charge is 0.416 e. The number of anilines is 2. The number of thiazole rings is 1. The predicted octanol–water partition coefficient (Wildman–Crippen LogP) is 3.90. The summed E-state index contributed by atoms with van der Waals surface area (Å²) in [5.41, 5.74) is 0.516. The standard InChI is InChI=1S/C20H21F3N4O2S/c21-20(22,23)13-4-6-14(7-5-13)24-17(28)11-27-9-8-15-16(10-27)30-19(25-15)26-18(29)12-2-1-3-12/h4-7,12H,1-3,8-11H2,(H,24,28)(H,25,26,29). The van der Waals surface area contributed by atoms with Crippen molar-refractivity contribution in [3.63, 3.8) is 0 Å². The van der Waals surface area contributed by atoms with Crippen LogP contribution in [0.1, 0.15) is 35.4 Å². The van der Waals surface area contributed by atoms with Crippen LogP contribution in [-0.4, -0.2) is 34.8 Å². The van der Waals surface area contributed by atoms with Crippen molar-refractivity contribution in [2.75, 3.05) is 23.7 Å². The molecule has 6 nitrogen and oxygen atoms in total. The van der Waals surface area contributed by atoms with Crippen LogP contribution < -0.4 is 10.6 Å². The van der Waals surface area contributed by atoms with Crippen molar-refractivity contribution in [3.05, 3.63) is 40.4 Å². The van der Waals surface area contributed by atoms with Crippen molar-refractivity contribution in [3.8, 4) is 0 Å². The van der Waals surface area contributed by atoms with Gasteiger partial charge in [0.2, 0.25) is 11.8 Å². The zero-order valence-corrected chi connectivity index (χ0v) is 16.9. The first kappa shape index (κ1) is 20.8. The van der Waals surface area contributed by atoms with E-state index < -0.39 is 11.7 Å². The molecule has 0 atom stereocenters. The van der Waals surface area contributed by atoms with Crippen molar-refractivity contribution < 1.29 is 22.8 Å². The summed E-state index contributed by atoms with van der Waals surface area (Å²) in [5.74, 6) is -0.169. The van der Waals surface area contributed by atoms with E-state index in [4.69, 9.17) is 0 Å². The van der Waals surface area contributed by atoms with E-state index in [9.17, 15) is 22.8 Å². The molecule has 2 aliphatic rings. The van der Waals surface area contributed by atoms with E-state index in [1.807, 2.05) is 4.90 Å². The maximum atomic E-state index is 12.6. The van der Waals surface area contributed by atoms with E-state index >= 15 is 0 Å². The number of rotatable bonds is 5. The third-order valence-electron chi connectivity index (χ3n) is 5.38. The van der Waals surface area contributed by atoms with Gasteiger partial charge in [-0.2, -0.15) is 13.2 Å². The molecular weight excluding hydrogens is 417 g/mol. The van der Waals surface area contributed by atoms with Gasteiger partial charge in [0, 0.05) is 36.0 Å². The van der Waals surface area contributed by atoms with Crippen LogP contribution in [0, 0.1) is 5.92 Å². The van der Waals surface area contributed by atoms with Crippen molar-refractivity contribution in [2.24, 2.45) is 5.92 Å². The molecule has 10 heteroatoms. The Kier molecular flexibility index (Phi) is 5.79. The quantitative estimate of drug-likeness (QED) is 0.743. The average Bonchev–Trinajstić information content (AvgIpc) is 3.01. The molecule has 2 heterocycles. The van der Waals surface area contributed by atoms with Crippen molar-refractivity contribution in [2.45, 2.75) is 38.4 Å². The predicted molar refractivity (Wildman–Crippen MR) is 107 cm³/mol. The summed E-state index contributed by atoms with van der Waals surface area (Å²) in [6.07, 6.45) is -0.773. The molecule has 4 rings (SSSR count). The zero-order valence-electron chi connectivity index (χ0n) is 16.1. The lowest BCUT2D eigenvalue weighted by atomic mass is 9.85. The van der Waals surface area contributed by atoms with Gasteiger partial charge in [0.05, 0.1) is 17.8 Å². The Balaban J connectivity index is 1.30. The molecule has 0 spiro atoms. The molecule has 0 saturated heterocycles. The number of aromatic nitrogens is 1. The highest BCUT2D eigenvalue weighted by Gasteiger charge is 2.30. The Hall–Kier alpha value is -2.46. The fraction of sp³-hybridized carbons (Fsp3) is 0.450. The summed E-state index contributed by atoms with van der Waals surface area (Å²) >= 11 is 1.43. The van der Waals surface area contributed by atoms with E-state index in [0.29, 0.717) is 30.3 Å². The van der Waals surface area contributed by atoms with Crippen LogP contribution in [0.3, 0.4) is 0 Å². The smallest absolute Gasteiger partial charge is 0.325 e. The Morgan fingerprint density at radius 3 is 2.53 bits per heavy atom. The molecule has 2 aromatic rings. The molecule has 160 valence electrons. The van der Waals surface area contributed by atoms with Crippen LogP contribution in [0.5, 0.6) is 0 Å². The highest BCUT2D eigenvalue weighted by Crippen LogP contribution is 2.32. The fourth-order valence-corrected chi connectivity index (χ4v) is 4.51. The summed E-state index contributed by atoms with van der Waals surface area (Å²) in [7, 11) is 0. The van der Waals surface area contributed by atoms with Gasteiger partial charge in [0.1, 0.15) is 0 Å². The van der Waals surface area contributed by atoms with Crippen LogP contribution in [-0.2, 0) is 28.7 Å². The zero-order chi connectivity index (χ0) is 21.3. The third-order valence-corrected chi connectivity index (χ3v) is 6.38. The number of carbonyl (C=O) groups is 2. The Morgan fingerprint density at radius 1 is 1.17 bits per heavy atom. The molecule has 1 aromatic carbocycles. The molecule has 0 radical (unpaired) electrons. The van der Waals surface area contributed by atoms with E-state index in [2.05, 4.69) is 15.6 Å². The minimum absolute atomic E-state index is 0.0279. The normalized spacial score (nSPS) is 17.2. The van der Waals surface area contributed by atoms with Crippen LogP contribution in [0.25, 0.3) is 0 Å². The number of benzene rings is 1. The number of nitrogens with zero attached hydrogens (tertiary/aromatic N) is 2. The monoisotopic (exact) mass is 438 g/mol. The van der Waals surface area contributed by atoms with Gasteiger partial charge in [-0.3, -0.25) is 14.5 Å². The molecule has 1 aliphatic heterocycles. The van der Waals surface area contributed by atoms with Gasteiger partial charge < -0.3 is 10.6 Å². The molecule has 0 bridgehead atoms. The molecule has 1 aliphatic carbocycles. The van der Waals surface area contributed by atoms with Crippen LogP contribution in [0.15, 0.2) is 24.3 Å². The number of alkyl halides is 3. The van der Waals surface area contributed by atoms with E-state index in [-0.39, 0.29) is 24.3 Å². The van der Waals surface area contributed by atoms with Gasteiger partial charge in [-0.15, -0.1) is 11.3 Å². The minimum atomic E-state index is -4.40. The second-order valence-corrected chi connectivity index (χ2v) is 8.67. The van der Waals surface area contributed by atoms with E-state index in [1.165, 1.54) is 23.5 Å². The Labute approximate surface area is 175 Å². The third kappa shape index (κ3) is 4.81.